The van der Waals surface area contributed by atoms with E-state index >= 15 is 0 Å². The van der Waals surface area contributed by atoms with Crippen LogP contribution in [0.2, 0.25) is 0 Å². The van der Waals surface area contributed by atoms with Crippen molar-refractivity contribution in [3.05, 3.63) is 279 Å². The molecule has 378 valence electrons. The molecule has 0 radical (unpaired) electrons. The number of hydrogen-bond donors (Lipinski definition) is 0. The van der Waals surface area contributed by atoms with Crippen molar-refractivity contribution in [2.24, 2.45) is 0 Å². The van der Waals surface area contributed by atoms with Crippen molar-refractivity contribution < 1.29 is 8.83 Å². The Morgan fingerprint density at radius 2 is 0.667 bits per heavy atom. The molecule has 16 rings (SSSR count). The summed E-state index contributed by atoms with van der Waals surface area (Å²) in [5.41, 5.74) is 19.7. The van der Waals surface area contributed by atoms with E-state index in [0.29, 0.717) is 17.5 Å². The number of rotatable bonds is 9. The fraction of sp³-hybridized carbons (Fsp3) is 0. The van der Waals surface area contributed by atoms with Crippen molar-refractivity contribution in [3.8, 4) is 95.5 Å². The SMILES string of the molecule is c1ccc(-c2ccc(-c3nc(-c4cc(-c5ccccc5)cc(-c5ccccc5)c4)nc(-c4cc(-c5ccccc5)c(-n5c6ccccc6c6c7oc8ccc9c%10ccccc%10oc9c8c7ccc65)c(-c5ccccc5)c4)n3)cc2)cc1. The van der Waals surface area contributed by atoms with Gasteiger partial charge < -0.3 is 13.4 Å². The quantitative estimate of drug-likeness (QED) is 0.144. The molecule has 0 unspecified atom stereocenters. The summed E-state index contributed by atoms with van der Waals surface area (Å²) < 4.78 is 16.1. The molecule has 4 aromatic heterocycles. The Labute approximate surface area is 466 Å². The van der Waals surface area contributed by atoms with E-state index < -0.39 is 0 Å². The van der Waals surface area contributed by atoms with E-state index in [4.69, 9.17) is 23.8 Å². The van der Waals surface area contributed by atoms with Crippen LogP contribution in [-0.2, 0) is 0 Å². The van der Waals surface area contributed by atoms with Crippen LogP contribution >= 0.6 is 0 Å². The Hall–Kier alpha value is -11.0. The van der Waals surface area contributed by atoms with Gasteiger partial charge in [0.1, 0.15) is 22.3 Å². The summed E-state index contributed by atoms with van der Waals surface area (Å²) in [6, 6.07) is 98.2. The molecule has 12 aromatic carbocycles. The van der Waals surface area contributed by atoms with Crippen molar-refractivity contribution in [2.45, 2.75) is 0 Å². The van der Waals surface area contributed by atoms with Crippen LogP contribution in [0.1, 0.15) is 0 Å². The highest BCUT2D eigenvalue weighted by Gasteiger charge is 2.26. The van der Waals surface area contributed by atoms with Gasteiger partial charge in [-0.2, -0.15) is 0 Å². The maximum absolute atomic E-state index is 7.03. The summed E-state index contributed by atoms with van der Waals surface area (Å²) >= 11 is 0. The Morgan fingerprint density at radius 3 is 1.26 bits per heavy atom. The number of benzene rings is 12. The van der Waals surface area contributed by atoms with Crippen LogP contribution in [0.5, 0.6) is 0 Å². The van der Waals surface area contributed by atoms with Crippen LogP contribution in [0.3, 0.4) is 0 Å². The van der Waals surface area contributed by atoms with Gasteiger partial charge in [0, 0.05) is 49.4 Å². The summed E-state index contributed by atoms with van der Waals surface area (Å²) in [5, 5.41) is 6.25. The van der Waals surface area contributed by atoms with Crippen molar-refractivity contribution in [3.63, 3.8) is 0 Å². The van der Waals surface area contributed by atoms with Crippen molar-refractivity contribution >= 4 is 65.7 Å². The third kappa shape index (κ3) is 7.83. The molecule has 0 N–H and O–H groups in total. The van der Waals surface area contributed by atoms with Gasteiger partial charge in [-0.3, -0.25) is 0 Å². The average Bonchev–Trinajstić information content (AvgIpc) is 4.32. The van der Waals surface area contributed by atoms with Crippen molar-refractivity contribution in [2.75, 3.05) is 0 Å². The molecule has 6 nitrogen and oxygen atoms in total. The minimum Gasteiger partial charge on any atom is -0.455 e. The van der Waals surface area contributed by atoms with Gasteiger partial charge in [0.05, 0.1) is 27.5 Å². The highest BCUT2D eigenvalue weighted by Crippen LogP contribution is 2.48. The van der Waals surface area contributed by atoms with Gasteiger partial charge in [-0.05, 0) is 111 Å². The first kappa shape index (κ1) is 46.2. The van der Waals surface area contributed by atoms with Gasteiger partial charge >= 0.3 is 0 Å². The molecule has 0 atom stereocenters. The highest BCUT2D eigenvalue weighted by atomic mass is 16.3. The number of fused-ring (bicyclic) bond motifs is 11. The summed E-state index contributed by atoms with van der Waals surface area (Å²) in [6.07, 6.45) is 0. The molecule has 0 fully saturated rings. The van der Waals surface area contributed by atoms with E-state index in [-0.39, 0.29) is 0 Å². The molecule has 6 heteroatoms. The summed E-state index contributed by atoms with van der Waals surface area (Å²) in [5.74, 6) is 1.70. The highest BCUT2D eigenvalue weighted by molar-refractivity contribution is 6.29. The first-order valence-corrected chi connectivity index (χ1v) is 27.3. The van der Waals surface area contributed by atoms with Crippen LogP contribution in [0.25, 0.3) is 161 Å². The van der Waals surface area contributed by atoms with E-state index in [1.165, 1.54) is 0 Å². The number of hydrogen-bond acceptors (Lipinski definition) is 5. The second kappa shape index (κ2) is 18.9. The minimum absolute atomic E-state index is 0.553. The lowest BCUT2D eigenvalue weighted by atomic mass is 9.92. The zero-order valence-corrected chi connectivity index (χ0v) is 43.7. The molecule has 0 bridgehead atoms. The second-order valence-corrected chi connectivity index (χ2v) is 20.6. The Bertz CT molecular complexity index is 4950. The third-order valence-electron chi connectivity index (χ3n) is 15.8. The van der Waals surface area contributed by atoms with Gasteiger partial charge in [-0.15, -0.1) is 0 Å². The number of para-hydroxylation sites is 2. The molecule has 0 aliphatic carbocycles. The average molecular weight is 1040 g/mol. The lowest BCUT2D eigenvalue weighted by Crippen LogP contribution is -2.04. The molecule has 0 saturated heterocycles. The predicted molar refractivity (Wildman–Crippen MR) is 332 cm³/mol. The first-order valence-electron chi connectivity index (χ1n) is 27.3. The van der Waals surface area contributed by atoms with E-state index in [1.807, 2.05) is 18.2 Å². The topological polar surface area (TPSA) is 69.9 Å². The van der Waals surface area contributed by atoms with Crippen LogP contribution < -0.4 is 0 Å². The number of furan rings is 2. The van der Waals surface area contributed by atoms with Gasteiger partial charge in [0.25, 0.3) is 0 Å². The summed E-state index contributed by atoms with van der Waals surface area (Å²) in [4.78, 5) is 16.4. The van der Waals surface area contributed by atoms with Gasteiger partial charge in [-0.25, -0.2) is 15.0 Å². The Morgan fingerprint density at radius 1 is 0.247 bits per heavy atom. The van der Waals surface area contributed by atoms with Crippen molar-refractivity contribution in [1.29, 1.82) is 0 Å². The maximum atomic E-state index is 7.03. The maximum Gasteiger partial charge on any atom is 0.164 e. The number of aromatic nitrogens is 4. The Kier molecular flexibility index (Phi) is 10.8. The molecule has 16 aromatic rings. The molecular formula is C75H46N4O2. The summed E-state index contributed by atoms with van der Waals surface area (Å²) in [6.45, 7) is 0. The standard InChI is InChI=1S/C75H46N4O2/c1-6-20-47(21-7-1)50-34-36-53(37-35-50)73-76-74(56-43-54(48-22-8-2-9-23-48)42-55(44-56)49-24-10-3-11-25-49)78-75(77-73)57-45-62(51-26-12-4-13-27-51)70(63(46-57)52-28-14-5-15-29-52)79-64-32-18-16-31-60(64)68-65(79)40-38-61-69-67(81-72(61)68)41-39-59-58-30-17-19-33-66(58)80-71(59)69/h1-46H. The second-order valence-electron chi connectivity index (χ2n) is 20.6. The lowest BCUT2D eigenvalue weighted by Gasteiger charge is -2.21. The molecule has 0 spiro atoms. The van der Waals surface area contributed by atoms with Gasteiger partial charge in [-0.1, -0.05) is 212 Å². The third-order valence-corrected chi connectivity index (χ3v) is 15.8. The van der Waals surface area contributed by atoms with Gasteiger partial charge in [0.15, 0.2) is 17.5 Å². The Balaban J connectivity index is 0.965. The van der Waals surface area contributed by atoms with Gasteiger partial charge in [0.2, 0.25) is 0 Å². The molecule has 0 amide bonds. The fourth-order valence-corrected chi connectivity index (χ4v) is 12.0. The normalized spacial score (nSPS) is 11.7. The van der Waals surface area contributed by atoms with Crippen LogP contribution in [-0.4, -0.2) is 19.5 Å². The van der Waals surface area contributed by atoms with E-state index in [0.717, 1.165) is 144 Å². The molecular weight excluding hydrogens is 989 g/mol. The minimum atomic E-state index is 0.553. The zero-order chi connectivity index (χ0) is 53.4. The van der Waals surface area contributed by atoms with Crippen molar-refractivity contribution in [1.82, 2.24) is 19.5 Å². The molecule has 0 aliphatic rings. The smallest absolute Gasteiger partial charge is 0.164 e. The van der Waals surface area contributed by atoms with Crippen LogP contribution in [0, 0.1) is 0 Å². The van der Waals surface area contributed by atoms with E-state index in [2.05, 4.69) is 265 Å². The first-order chi connectivity index (χ1) is 40.1. The monoisotopic (exact) mass is 1030 g/mol. The van der Waals surface area contributed by atoms with E-state index in [9.17, 15) is 0 Å². The molecule has 0 aliphatic heterocycles. The number of nitrogens with zero attached hydrogens (tertiary/aromatic N) is 4. The molecule has 81 heavy (non-hydrogen) atoms. The van der Waals surface area contributed by atoms with Crippen LogP contribution in [0.4, 0.5) is 0 Å². The zero-order valence-electron chi connectivity index (χ0n) is 43.7. The molecule has 0 saturated carbocycles. The molecule has 4 heterocycles. The lowest BCUT2D eigenvalue weighted by molar-refractivity contribution is 0.665. The summed E-state index contributed by atoms with van der Waals surface area (Å²) in [7, 11) is 0. The van der Waals surface area contributed by atoms with E-state index in [1.54, 1.807) is 0 Å². The predicted octanol–water partition coefficient (Wildman–Crippen LogP) is 20.1. The largest absolute Gasteiger partial charge is 0.455 e. The fourth-order valence-electron chi connectivity index (χ4n) is 12.0. The van der Waals surface area contributed by atoms with Crippen LogP contribution in [0.15, 0.2) is 288 Å².